The minimum Gasteiger partial charge on any atom is -0.369 e. The molecule has 0 saturated carbocycles. The largest absolute Gasteiger partial charge is 0.369 e. The maximum Gasteiger partial charge on any atom is 0.247 e. The minimum absolute atomic E-state index is 0.111. The molecule has 2 N–H and O–H groups in total. The van der Waals surface area contributed by atoms with Crippen molar-refractivity contribution in [3.8, 4) is 0 Å². The van der Waals surface area contributed by atoms with E-state index in [2.05, 4.69) is 15.6 Å². The normalized spacial score (nSPS) is 20.1. The van der Waals surface area contributed by atoms with Crippen LogP contribution >= 0.6 is 0 Å². The molecule has 2 rings (SSSR count). The average molecular weight is 312 g/mol. The highest BCUT2D eigenvalue weighted by Crippen LogP contribution is 2.24. The lowest BCUT2D eigenvalue weighted by atomic mass is 10.2. The summed E-state index contributed by atoms with van der Waals surface area (Å²) in [6, 6.07) is 2.38. The van der Waals surface area contributed by atoms with Gasteiger partial charge in [-0.15, -0.1) is 0 Å². The van der Waals surface area contributed by atoms with Crippen LogP contribution in [0, 0.1) is 0 Å². The topological polar surface area (TPSA) is 91.4 Å². The highest BCUT2D eigenvalue weighted by molar-refractivity contribution is 7.89. The lowest BCUT2D eigenvalue weighted by Crippen LogP contribution is -2.55. The van der Waals surface area contributed by atoms with E-state index < -0.39 is 16.1 Å². The lowest BCUT2D eigenvalue weighted by Gasteiger charge is -2.32. The van der Waals surface area contributed by atoms with E-state index in [1.165, 1.54) is 10.4 Å². The Morgan fingerprint density at radius 3 is 3.00 bits per heavy atom. The van der Waals surface area contributed by atoms with Crippen molar-refractivity contribution in [2.45, 2.75) is 31.2 Å². The number of rotatable bonds is 5. The van der Waals surface area contributed by atoms with Crippen LogP contribution in [0.2, 0.25) is 0 Å². The lowest BCUT2D eigenvalue weighted by molar-refractivity contribution is -0.126. The van der Waals surface area contributed by atoms with Crippen LogP contribution in [-0.4, -0.2) is 49.3 Å². The van der Waals surface area contributed by atoms with Gasteiger partial charge in [-0.25, -0.2) is 13.4 Å². The van der Waals surface area contributed by atoms with E-state index in [4.69, 9.17) is 0 Å². The monoisotopic (exact) mass is 312 g/mol. The van der Waals surface area contributed by atoms with Crippen molar-refractivity contribution in [3.63, 3.8) is 0 Å². The Balaban J connectivity index is 2.37. The molecule has 1 amide bonds. The first-order valence-corrected chi connectivity index (χ1v) is 8.41. The summed E-state index contributed by atoms with van der Waals surface area (Å²) in [4.78, 5) is 15.9. The molecule has 1 aliphatic rings. The third kappa shape index (κ3) is 3.16. The van der Waals surface area contributed by atoms with Crippen LogP contribution in [0.1, 0.15) is 20.3 Å². The molecule has 0 aromatic carbocycles. The van der Waals surface area contributed by atoms with Gasteiger partial charge in [-0.2, -0.15) is 4.31 Å². The average Bonchev–Trinajstić information content (AvgIpc) is 2.48. The number of carbonyl (C=O) groups excluding carboxylic acids is 1. The van der Waals surface area contributed by atoms with E-state index in [-0.39, 0.29) is 17.3 Å². The molecular formula is C13H20N4O3S. The van der Waals surface area contributed by atoms with Crippen molar-refractivity contribution in [2.75, 3.05) is 25.0 Å². The second-order valence-electron chi connectivity index (χ2n) is 4.86. The van der Waals surface area contributed by atoms with Gasteiger partial charge in [0.2, 0.25) is 15.9 Å². The van der Waals surface area contributed by atoms with Gasteiger partial charge in [0.1, 0.15) is 16.8 Å². The third-order valence-corrected chi connectivity index (χ3v) is 5.34. The van der Waals surface area contributed by atoms with Crippen molar-refractivity contribution in [3.05, 3.63) is 18.3 Å². The molecule has 21 heavy (non-hydrogen) atoms. The molecular weight excluding hydrogens is 292 g/mol. The molecule has 0 bridgehead atoms. The van der Waals surface area contributed by atoms with Crippen molar-refractivity contribution < 1.29 is 13.2 Å². The van der Waals surface area contributed by atoms with Crippen LogP contribution in [-0.2, 0) is 14.8 Å². The van der Waals surface area contributed by atoms with E-state index in [9.17, 15) is 13.2 Å². The molecule has 116 valence electrons. The van der Waals surface area contributed by atoms with E-state index >= 15 is 0 Å². The summed E-state index contributed by atoms with van der Waals surface area (Å²) in [5.74, 6) is 0.0503. The highest BCUT2D eigenvalue weighted by atomic mass is 32.2. The molecule has 1 aromatic rings. The van der Waals surface area contributed by atoms with E-state index in [0.29, 0.717) is 18.9 Å². The quantitative estimate of drug-likeness (QED) is 0.822. The number of piperazine rings is 1. The zero-order valence-electron chi connectivity index (χ0n) is 12.2. The summed E-state index contributed by atoms with van der Waals surface area (Å²) in [7, 11) is -3.76. The van der Waals surface area contributed by atoms with Crippen LogP contribution < -0.4 is 10.6 Å². The van der Waals surface area contributed by atoms with Gasteiger partial charge in [0, 0.05) is 25.8 Å². The van der Waals surface area contributed by atoms with Gasteiger partial charge >= 0.3 is 0 Å². The Labute approximate surface area is 124 Å². The smallest absolute Gasteiger partial charge is 0.247 e. The van der Waals surface area contributed by atoms with E-state index in [0.717, 1.165) is 6.42 Å². The van der Waals surface area contributed by atoms with Crippen molar-refractivity contribution in [1.82, 2.24) is 14.6 Å². The number of sulfonamides is 1. The summed E-state index contributed by atoms with van der Waals surface area (Å²) in [5.41, 5.74) is 0. The van der Waals surface area contributed by atoms with Crippen LogP contribution in [0.25, 0.3) is 0 Å². The minimum atomic E-state index is -3.76. The second-order valence-corrected chi connectivity index (χ2v) is 6.72. The van der Waals surface area contributed by atoms with Gasteiger partial charge in [-0.05, 0) is 25.5 Å². The Morgan fingerprint density at radius 2 is 2.29 bits per heavy atom. The molecule has 1 aliphatic heterocycles. The standard InChI is InChI=1S/C13H20N4O3S/c1-3-6-14-12-11(5-4-7-15-12)21(19,20)17-9-8-16-13(18)10(17)2/h4-5,7,10H,3,6,8-9H2,1-2H3,(H,14,15)(H,16,18). The van der Waals surface area contributed by atoms with E-state index in [1.54, 1.807) is 19.2 Å². The number of hydrogen-bond donors (Lipinski definition) is 2. The summed E-state index contributed by atoms with van der Waals surface area (Å²) in [6.45, 7) is 4.79. The third-order valence-electron chi connectivity index (χ3n) is 3.34. The first-order valence-electron chi connectivity index (χ1n) is 6.97. The van der Waals surface area contributed by atoms with Crippen LogP contribution in [0.4, 0.5) is 5.82 Å². The first kappa shape index (κ1) is 15.7. The summed E-state index contributed by atoms with van der Waals surface area (Å²) in [6.07, 6.45) is 2.40. The van der Waals surface area contributed by atoms with Crippen molar-refractivity contribution in [1.29, 1.82) is 0 Å². The molecule has 2 heterocycles. The van der Waals surface area contributed by atoms with E-state index in [1.807, 2.05) is 6.92 Å². The highest BCUT2D eigenvalue weighted by Gasteiger charge is 2.36. The van der Waals surface area contributed by atoms with Crippen LogP contribution in [0.5, 0.6) is 0 Å². The molecule has 0 spiro atoms. The number of pyridine rings is 1. The summed E-state index contributed by atoms with van der Waals surface area (Å²) >= 11 is 0. The molecule has 1 fully saturated rings. The number of aromatic nitrogens is 1. The fourth-order valence-corrected chi connectivity index (χ4v) is 3.91. The Hall–Kier alpha value is -1.67. The van der Waals surface area contributed by atoms with Crippen molar-refractivity contribution >= 4 is 21.7 Å². The number of carbonyl (C=O) groups is 1. The molecule has 1 unspecified atom stereocenters. The zero-order valence-corrected chi connectivity index (χ0v) is 13.0. The fraction of sp³-hybridized carbons (Fsp3) is 0.538. The van der Waals surface area contributed by atoms with Gasteiger partial charge in [-0.1, -0.05) is 6.92 Å². The molecule has 1 aromatic heterocycles. The van der Waals surface area contributed by atoms with Crippen molar-refractivity contribution in [2.24, 2.45) is 0 Å². The Kier molecular flexibility index (Phi) is 4.79. The van der Waals surface area contributed by atoms with Gasteiger partial charge < -0.3 is 10.6 Å². The molecule has 8 heteroatoms. The summed E-state index contributed by atoms with van der Waals surface area (Å²) in [5, 5.41) is 5.67. The molecule has 7 nitrogen and oxygen atoms in total. The maximum absolute atomic E-state index is 12.8. The SMILES string of the molecule is CCCNc1ncccc1S(=O)(=O)N1CCNC(=O)C1C. The van der Waals surface area contributed by atoms with Gasteiger partial charge in [0.25, 0.3) is 0 Å². The predicted molar refractivity (Wildman–Crippen MR) is 79.4 cm³/mol. The van der Waals surface area contributed by atoms with Gasteiger partial charge in [0.15, 0.2) is 0 Å². The number of amides is 1. The Morgan fingerprint density at radius 1 is 1.52 bits per heavy atom. The number of nitrogens with one attached hydrogen (secondary N) is 2. The van der Waals surface area contributed by atoms with Crippen LogP contribution in [0.15, 0.2) is 23.2 Å². The van der Waals surface area contributed by atoms with Gasteiger partial charge in [-0.3, -0.25) is 4.79 Å². The first-order chi connectivity index (χ1) is 9.98. The molecule has 1 saturated heterocycles. The molecule has 0 radical (unpaired) electrons. The maximum atomic E-state index is 12.8. The predicted octanol–water partition coefficient (Wildman–Crippen LogP) is 0.412. The Bertz CT molecular complexity index is 618. The van der Waals surface area contributed by atoms with Gasteiger partial charge in [0.05, 0.1) is 0 Å². The fourth-order valence-electron chi connectivity index (χ4n) is 2.19. The molecule has 0 aliphatic carbocycles. The van der Waals surface area contributed by atoms with Crippen LogP contribution in [0.3, 0.4) is 0 Å². The zero-order chi connectivity index (χ0) is 15.5. The number of nitrogens with zero attached hydrogens (tertiary/aromatic N) is 2. The number of hydrogen-bond acceptors (Lipinski definition) is 5. The summed E-state index contributed by atoms with van der Waals surface area (Å²) < 4.78 is 26.8. The number of anilines is 1. The molecule has 1 atom stereocenters. The second kappa shape index (κ2) is 6.40.